The van der Waals surface area contributed by atoms with Gasteiger partial charge in [0.1, 0.15) is 0 Å². The topological polar surface area (TPSA) is 75.1 Å². The van der Waals surface area contributed by atoms with Gasteiger partial charge in [-0.2, -0.15) is 0 Å². The van der Waals surface area contributed by atoms with Crippen LogP contribution >= 0.6 is 0 Å². The van der Waals surface area contributed by atoms with Crippen molar-refractivity contribution in [3.63, 3.8) is 0 Å². The number of aromatic nitrogens is 2. The first-order chi connectivity index (χ1) is 12.8. The lowest BCUT2D eigenvalue weighted by Gasteiger charge is -2.18. The molecule has 1 aromatic carbocycles. The van der Waals surface area contributed by atoms with E-state index in [0.29, 0.717) is 17.9 Å². The monoisotopic (exact) mass is 347 g/mol. The van der Waals surface area contributed by atoms with Crippen LogP contribution in [-0.2, 0) is 0 Å². The number of aliphatic hydroxyl groups is 1. The van der Waals surface area contributed by atoms with Crippen molar-refractivity contribution in [2.24, 2.45) is 5.92 Å². The molecule has 1 aliphatic carbocycles. The third-order valence-corrected chi connectivity index (χ3v) is 4.87. The van der Waals surface area contributed by atoms with Crippen LogP contribution < -0.4 is 5.32 Å². The second-order valence-corrected chi connectivity index (χ2v) is 6.74. The Morgan fingerprint density at radius 1 is 1.23 bits per heavy atom. The van der Waals surface area contributed by atoms with Gasteiger partial charge >= 0.3 is 0 Å². The van der Waals surface area contributed by atoms with Gasteiger partial charge in [-0.1, -0.05) is 18.2 Å². The Labute approximate surface area is 152 Å². The van der Waals surface area contributed by atoms with Gasteiger partial charge in [-0.3, -0.25) is 9.78 Å². The van der Waals surface area contributed by atoms with Crippen LogP contribution in [0.2, 0.25) is 0 Å². The number of nitrogens with one attached hydrogen (secondary N) is 1. The largest absolute Gasteiger partial charge is 0.396 e. The molecular formula is C21H21N3O2. The van der Waals surface area contributed by atoms with Gasteiger partial charge in [-0.25, -0.2) is 4.98 Å². The predicted octanol–water partition coefficient (Wildman–Crippen LogP) is 3.19. The molecule has 1 saturated carbocycles. The zero-order valence-electron chi connectivity index (χ0n) is 14.4. The number of carbonyl (C=O) groups excluding carboxylic acids is 1. The van der Waals surface area contributed by atoms with E-state index in [1.165, 1.54) is 0 Å². The summed E-state index contributed by atoms with van der Waals surface area (Å²) < 4.78 is 0. The number of hydrogen-bond acceptors (Lipinski definition) is 4. The number of carbonyl (C=O) groups is 1. The summed E-state index contributed by atoms with van der Waals surface area (Å²) in [6.07, 6.45) is 6.28. The molecule has 132 valence electrons. The highest BCUT2D eigenvalue weighted by atomic mass is 16.3. The van der Waals surface area contributed by atoms with Gasteiger partial charge in [-0.15, -0.1) is 0 Å². The molecule has 26 heavy (non-hydrogen) atoms. The summed E-state index contributed by atoms with van der Waals surface area (Å²) in [6, 6.07) is 13.3. The van der Waals surface area contributed by atoms with Crippen LogP contribution in [0.4, 0.5) is 0 Å². The van der Waals surface area contributed by atoms with Gasteiger partial charge in [0.2, 0.25) is 0 Å². The maximum atomic E-state index is 13.0. The molecule has 0 aliphatic heterocycles. The Balaban J connectivity index is 1.74. The van der Waals surface area contributed by atoms with Crippen LogP contribution in [0, 0.1) is 5.92 Å². The molecule has 0 bridgehead atoms. The first kappa shape index (κ1) is 16.7. The minimum atomic E-state index is -0.112. The number of fused-ring (bicyclic) bond motifs is 1. The van der Waals surface area contributed by atoms with Crippen molar-refractivity contribution >= 4 is 16.8 Å². The van der Waals surface area contributed by atoms with E-state index in [9.17, 15) is 9.90 Å². The van der Waals surface area contributed by atoms with E-state index in [4.69, 9.17) is 4.98 Å². The first-order valence-corrected chi connectivity index (χ1v) is 8.98. The van der Waals surface area contributed by atoms with Gasteiger partial charge in [0.25, 0.3) is 5.91 Å². The van der Waals surface area contributed by atoms with Crippen LogP contribution in [0.1, 0.15) is 29.6 Å². The number of para-hydroxylation sites is 1. The molecule has 5 heteroatoms. The molecule has 0 radical (unpaired) electrons. The summed E-state index contributed by atoms with van der Waals surface area (Å²) >= 11 is 0. The molecule has 1 aliphatic rings. The Morgan fingerprint density at radius 3 is 2.81 bits per heavy atom. The van der Waals surface area contributed by atoms with Crippen molar-refractivity contribution in [2.45, 2.75) is 25.3 Å². The second-order valence-electron chi connectivity index (χ2n) is 6.74. The fourth-order valence-electron chi connectivity index (χ4n) is 3.33. The van der Waals surface area contributed by atoms with Crippen LogP contribution in [0.25, 0.3) is 22.2 Å². The number of pyridine rings is 2. The average Bonchev–Trinajstić information content (AvgIpc) is 3.52. The number of aliphatic hydroxyl groups excluding tert-OH is 1. The van der Waals surface area contributed by atoms with Crippen LogP contribution in [-0.4, -0.2) is 33.6 Å². The summed E-state index contributed by atoms with van der Waals surface area (Å²) in [7, 11) is 0. The van der Waals surface area contributed by atoms with Crippen molar-refractivity contribution in [1.29, 1.82) is 0 Å². The maximum Gasteiger partial charge on any atom is 0.252 e. The molecule has 1 fully saturated rings. The Bertz CT molecular complexity index is 923. The number of hydrogen-bond donors (Lipinski definition) is 2. The third kappa shape index (κ3) is 3.44. The summed E-state index contributed by atoms with van der Waals surface area (Å²) in [5.74, 6) is 0.371. The van der Waals surface area contributed by atoms with E-state index >= 15 is 0 Å². The Morgan fingerprint density at radius 2 is 2.08 bits per heavy atom. The molecule has 0 saturated heterocycles. The van der Waals surface area contributed by atoms with E-state index in [0.717, 1.165) is 35.0 Å². The molecule has 1 atom stereocenters. The highest BCUT2D eigenvalue weighted by Crippen LogP contribution is 2.34. The quantitative estimate of drug-likeness (QED) is 0.718. The third-order valence-electron chi connectivity index (χ3n) is 4.87. The smallest absolute Gasteiger partial charge is 0.252 e. The fourth-order valence-corrected chi connectivity index (χ4v) is 3.33. The van der Waals surface area contributed by atoms with Gasteiger partial charge in [0.05, 0.1) is 16.8 Å². The normalized spacial score (nSPS) is 15.0. The summed E-state index contributed by atoms with van der Waals surface area (Å²) in [6.45, 7) is 0.0828. The summed E-state index contributed by atoms with van der Waals surface area (Å²) in [5.41, 5.74) is 3.00. The summed E-state index contributed by atoms with van der Waals surface area (Å²) in [4.78, 5) is 21.9. The summed E-state index contributed by atoms with van der Waals surface area (Å²) in [5, 5.41) is 13.2. The number of rotatable bonds is 6. The lowest BCUT2D eigenvalue weighted by atomic mass is 10.0. The van der Waals surface area contributed by atoms with Crippen LogP contribution in [0.3, 0.4) is 0 Å². The van der Waals surface area contributed by atoms with Gasteiger partial charge < -0.3 is 10.4 Å². The molecule has 3 aromatic rings. The standard InChI is InChI=1S/C21H21N3O2/c25-11-9-18(14-7-8-14)24-21(26)17-12-20(15-4-3-10-22-13-15)23-19-6-2-1-5-16(17)19/h1-6,10,12-14,18,25H,7-9,11H2,(H,24,26). The number of amides is 1. The minimum absolute atomic E-state index is 0.0290. The van der Waals surface area contributed by atoms with Crippen molar-refractivity contribution in [3.8, 4) is 11.3 Å². The molecule has 4 rings (SSSR count). The number of nitrogens with zero attached hydrogens (tertiary/aromatic N) is 2. The van der Waals surface area contributed by atoms with Gasteiger partial charge in [0.15, 0.2) is 0 Å². The molecule has 2 heterocycles. The van der Waals surface area contributed by atoms with E-state index in [-0.39, 0.29) is 18.6 Å². The van der Waals surface area contributed by atoms with E-state index in [1.807, 2.05) is 42.5 Å². The van der Waals surface area contributed by atoms with E-state index < -0.39 is 0 Å². The van der Waals surface area contributed by atoms with Crippen molar-refractivity contribution < 1.29 is 9.90 Å². The Hall–Kier alpha value is -2.79. The molecule has 5 nitrogen and oxygen atoms in total. The molecule has 1 unspecified atom stereocenters. The molecule has 2 N–H and O–H groups in total. The van der Waals surface area contributed by atoms with Crippen LogP contribution in [0.15, 0.2) is 54.9 Å². The zero-order valence-corrected chi connectivity index (χ0v) is 14.4. The minimum Gasteiger partial charge on any atom is -0.396 e. The average molecular weight is 347 g/mol. The number of benzene rings is 1. The van der Waals surface area contributed by atoms with Crippen molar-refractivity contribution in [1.82, 2.24) is 15.3 Å². The molecule has 2 aromatic heterocycles. The lowest BCUT2D eigenvalue weighted by Crippen LogP contribution is -2.37. The van der Waals surface area contributed by atoms with Gasteiger partial charge in [-0.05, 0) is 49.4 Å². The zero-order chi connectivity index (χ0) is 17.9. The first-order valence-electron chi connectivity index (χ1n) is 8.98. The Kier molecular flexibility index (Phi) is 4.63. The molecule has 1 amide bonds. The molecule has 0 spiro atoms. The van der Waals surface area contributed by atoms with Crippen LogP contribution in [0.5, 0.6) is 0 Å². The highest BCUT2D eigenvalue weighted by Gasteiger charge is 2.32. The lowest BCUT2D eigenvalue weighted by molar-refractivity contribution is 0.0926. The van der Waals surface area contributed by atoms with Crippen molar-refractivity contribution in [2.75, 3.05) is 6.61 Å². The fraction of sp³-hybridized carbons (Fsp3) is 0.286. The predicted molar refractivity (Wildman–Crippen MR) is 101 cm³/mol. The van der Waals surface area contributed by atoms with Gasteiger partial charge in [0, 0.05) is 36.0 Å². The van der Waals surface area contributed by atoms with E-state index in [1.54, 1.807) is 12.4 Å². The second kappa shape index (κ2) is 7.22. The van der Waals surface area contributed by atoms with Crippen molar-refractivity contribution in [3.05, 3.63) is 60.4 Å². The maximum absolute atomic E-state index is 13.0. The highest BCUT2D eigenvalue weighted by molar-refractivity contribution is 6.07. The molecular weight excluding hydrogens is 326 g/mol. The SMILES string of the molecule is O=C(NC(CCO)C1CC1)c1cc(-c2cccnc2)nc2ccccc12. The van der Waals surface area contributed by atoms with E-state index in [2.05, 4.69) is 10.3 Å².